The highest BCUT2D eigenvalue weighted by molar-refractivity contribution is 6.34. The molecule has 2 aromatic rings. The van der Waals surface area contributed by atoms with Crippen LogP contribution in [-0.4, -0.2) is 17.1 Å². The molecule has 0 atom stereocenters. The minimum Gasteiger partial charge on any atom is -0.480 e. The summed E-state index contributed by atoms with van der Waals surface area (Å²) in [6, 6.07) is 4.69. The van der Waals surface area contributed by atoms with Crippen LogP contribution in [0.1, 0.15) is 0 Å². The number of pyridine rings is 2. The molecule has 0 radical (unpaired) electrons. The largest absolute Gasteiger partial charge is 0.480 e. The number of rotatable bonds is 4. The molecule has 1 N–H and O–H groups in total. The Kier molecular flexibility index (Phi) is 3.69. The maximum absolute atomic E-state index is 10.4. The van der Waals surface area contributed by atoms with E-state index in [2.05, 4.69) is 20.5 Å². The van der Waals surface area contributed by atoms with Crippen LogP contribution >= 0.6 is 11.6 Å². The van der Waals surface area contributed by atoms with Crippen LogP contribution < -0.4 is 10.1 Å². The average molecular weight is 265 g/mol. The monoisotopic (exact) mass is 264 g/mol. The van der Waals surface area contributed by atoms with Crippen LogP contribution in [0.15, 0.2) is 35.8 Å². The van der Waals surface area contributed by atoms with Gasteiger partial charge in [0.1, 0.15) is 16.5 Å². The molecule has 0 aliphatic rings. The number of aromatic nitrogens is 2. The topological polar surface area (TPSA) is 76.5 Å². The number of nitrogens with zero attached hydrogens (tertiary/aromatic N) is 3. The van der Waals surface area contributed by atoms with E-state index in [0.29, 0.717) is 22.4 Å². The second-order valence-electron chi connectivity index (χ2n) is 3.30. The predicted octanol–water partition coefficient (Wildman–Crippen LogP) is 3.28. The van der Waals surface area contributed by atoms with Gasteiger partial charge in [-0.25, -0.2) is 9.97 Å². The van der Waals surface area contributed by atoms with Crippen molar-refractivity contribution in [3.05, 3.63) is 40.5 Å². The molecule has 2 rings (SSSR count). The molecule has 18 heavy (non-hydrogen) atoms. The van der Waals surface area contributed by atoms with Crippen LogP contribution in [0.3, 0.4) is 0 Å². The van der Waals surface area contributed by atoms with Gasteiger partial charge in [-0.05, 0) is 17.3 Å². The van der Waals surface area contributed by atoms with E-state index in [0.717, 1.165) is 0 Å². The standard InChI is InChI=1S/C11H9ClN4O2/c1-18-11-10(12)8(3-5-14-11)15-9-6-7(16-17)2-4-13-9/h2-6H,1H3,(H,13,14,15). The first-order valence-electron chi connectivity index (χ1n) is 4.99. The Hall–Kier alpha value is -2.21. The third-order valence-electron chi connectivity index (χ3n) is 2.16. The summed E-state index contributed by atoms with van der Waals surface area (Å²) >= 11 is 6.07. The normalized spacial score (nSPS) is 9.89. The first kappa shape index (κ1) is 12.3. The summed E-state index contributed by atoms with van der Waals surface area (Å²) < 4.78 is 5.00. The fourth-order valence-corrected chi connectivity index (χ4v) is 1.58. The maximum atomic E-state index is 10.4. The summed E-state index contributed by atoms with van der Waals surface area (Å²) in [5.41, 5.74) is 0.865. The Labute approximate surface area is 108 Å². The summed E-state index contributed by atoms with van der Waals surface area (Å²) in [4.78, 5) is 18.4. The Bertz CT molecular complexity index is 577. The number of ether oxygens (including phenoxy) is 1. The van der Waals surface area contributed by atoms with Gasteiger partial charge in [0, 0.05) is 18.5 Å². The minimum atomic E-state index is 0.282. The lowest BCUT2D eigenvalue weighted by atomic mass is 10.3. The molecule has 0 aliphatic heterocycles. The van der Waals surface area contributed by atoms with Crippen molar-refractivity contribution in [2.75, 3.05) is 12.4 Å². The third-order valence-corrected chi connectivity index (χ3v) is 2.53. The number of hydrogen-bond acceptors (Lipinski definition) is 6. The quantitative estimate of drug-likeness (QED) is 0.858. The number of halogens is 1. The number of nitroso groups, excluding NO2 is 1. The van der Waals surface area contributed by atoms with E-state index in [-0.39, 0.29) is 5.69 Å². The van der Waals surface area contributed by atoms with E-state index < -0.39 is 0 Å². The maximum Gasteiger partial charge on any atom is 0.234 e. The highest BCUT2D eigenvalue weighted by Gasteiger charge is 2.08. The fourth-order valence-electron chi connectivity index (χ4n) is 1.35. The van der Waals surface area contributed by atoms with Gasteiger partial charge in [0.05, 0.1) is 12.8 Å². The van der Waals surface area contributed by atoms with Crippen LogP contribution in [0.5, 0.6) is 5.88 Å². The number of anilines is 2. The Morgan fingerprint density at radius 1 is 1.33 bits per heavy atom. The highest BCUT2D eigenvalue weighted by Crippen LogP contribution is 2.31. The van der Waals surface area contributed by atoms with Gasteiger partial charge in [0.2, 0.25) is 5.88 Å². The molecule has 92 valence electrons. The van der Waals surface area contributed by atoms with Crippen molar-refractivity contribution in [3.63, 3.8) is 0 Å². The smallest absolute Gasteiger partial charge is 0.234 e. The van der Waals surface area contributed by atoms with Crippen LogP contribution in [0.2, 0.25) is 5.02 Å². The van der Waals surface area contributed by atoms with Gasteiger partial charge in [0.25, 0.3) is 0 Å². The summed E-state index contributed by atoms with van der Waals surface area (Å²) in [5.74, 6) is 0.772. The summed E-state index contributed by atoms with van der Waals surface area (Å²) in [5, 5.41) is 6.13. The van der Waals surface area contributed by atoms with Crippen LogP contribution in [0.25, 0.3) is 0 Å². The SMILES string of the molecule is COc1nccc(Nc2cc(N=O)ccn2)c1Cl. The first-order valence-corrected chi connectivity index (χ1v) is 5.37. The molecule has 0 aromatic carbocycles. The predicted molar refractivity (Wildman–Crippen MR) is 68.8 cm³/mol. The van der Waals surface area contributed by atoms with E-state index in [1.165, 1.54) is 25.4 Å². The third kappa shape index (κ3) is 2.54. The van der Waals surface area contributed by atoms with Crippen molar-refractivity contribution in [1.29, 1.82) is 0 Å². The van der Waals surface area contributed by atoms with Crippen molar-refractivity contribution in [2.24, 2.45) is 5.18 Å². The van der Waals surface area contributed by atoms with E-state index >= 15 is 0 Å². The van der Waals surface area contributed by atoms with E-state index in [1.807, 2.05) is 0 Å². The molecule has 2 heterocycles. The number of hydrogen-bond donors (Lipinski definition) is 1. The van der Waals surface area contributed by atoms with Gasteiger partial charge in [0.15, 0.2) is 0 Å². The Morgan fingerprint density at radius 3 is 2.83 bits per heavy atom. The molecule has 0 saturated heterocycles. The van der Waals surface area contributed by atoms with Crippen molar-refractivity contribution < 1.29 is 4.74 Å². The lowest BCUT2D eigenvalue weighted by Gasteiger charge is -2.09. The molecule has 0 saturated carbocycles. The van der Waals surface area contributed by atoms with Crippen molar-refractivity contribution in [2.45, 2.75) is 0 Å². The Morgan fingerprint density at radius 2 is 2.11 bits per heavy atom. The molecule has 0 amide bonds. The zero-order chi connectivity index (χ0) is 13.0. The lowest BCUT2D eigenvalue weighted by molar-refractivity contribution is 0.398. The molecule has 7 heteroatoms. The molecule has 2 aromatic heterocycles. The fraction of sp³-hybridized carbons (Fsp3) is 0.0909. The zero-order valence-corrected chi connectivity index (χ0v) is 10.2. The van der Waals surface area contributed by atoms with E-state index in [1.54, 1.807) is 12.3 Å². The first-order chi connectivity index (χ1) is 8.74. The van der Waals surface area contributed by atoms with Crippen LogP contribution in [0.4, 0.5) is 17.2 Å². The average Bonchev–Trinajstić information content (AvgIpc) is 2.41. The van der Waals surface area contributed by atoms with Gasteiger partial charge in [-0.15, -0.1) is 4.91 Å². The molecule has 0 spiro atoms. The van der Waals surface area contributed by atoms with Crippen LogP contribution in [-0.2, 0) is 0 Å². The summed E-state index contributed by atoms with van der Waals surface area (Å²) in [6.45, 7) is 0. The van der Waals surface area contributed by atoms with Crippen LogP contribution in [0, 0.1) is 4.91 Å². The molecule has 0 aliphatic carbocycles. The van der Waals surface area contributed by atoms with E-state index in [4.69, 9.17) is 16.3 Å². The van der Waals surface area contributed by atoms with Gasteiger partial charge >= 0.3 is 0 Å². The minimum absolute atomic E-state index is 0.282. The molecular formula is C11H9ClN4O2. The molecule has 0 fully saturated rings. The van der Waals surface area contributed by atoms with Gasteiger partial charge < -0.3 is 10.1 Å². The number of nitrogens with one attached hydrogen (secondary N) is 1. The molecule has 0 bridgehead atoms. The van der Waals surface area contributed by atoms with Gasteiger partial charge in [-0.2, -0.15) is 0 Å². The second kappa shape index (κ2) is 5.42. The Balaban J connectivity index is 2.30. The van der Waals surface area contributed by atoms with E-state index in [9.17, 15) is 4.91 Å². The van der Waals surface area contributed by atoms with Gasteiger partial charge in [-0.1, -0.05) is 11.6 Å². The van der Waals surface area contributed by atoms with Crippen molar-refractivity contribution in [1.82, 2.24) is 9.97 Å². The van der Waals surface area contributed by atoms with Crippen molar-refractivity contribution in [3.8, 4) is 5.88 Å². The van der Waals surface area contributed by atoms with Gasteiger partial charge in [-0.3, -0.25) is 0 Å². The van der Waals surface area contributed by atoms with Crippen molar-refractivity contribution >= 4 is 28.8 Å². The summed E-state index contributed by atoms with van der Waals surface area (Å²) in [6.07, 6.45) is 3.03. The molecule has 6 nitrogen and oxygen atoms in total. The molecule has 0 unspecified atom stereocenters. The molecular weight excluding hydrogens is 256 g/mol. The number of methoxy groups -OCH3 is 1. The lowest BCUT2D eigenvalue weighted by Crippen LogP contribution is -1.96. The summed E-state index contributed by atoms with van der Waals surface area (Å²) in [7, 11) is 1.48. The zero-order valence-electron chi connectivity index (χ0n) is 9.42. The highest BCUT2D eigenvalue weighted by atomic mass is 35.5. The second-order valence-corrected chi connectivity index (χ2v) is 3.68.